The van der Waals surface area contributed by atoms with Crippen molar-refractivity contribution in [1.29, 1.82) is 0 Å². The zero-order valence-electron chi connectivity index (χ0n) is 6.21. The highest BCUT2D eigenvalue weighted by atomic mass is 32.2. The zero-order chi connectivity index (χ0) is 9.61. The first-order valence-electron chi connectivity index (χ1n) is 2.72. The Morgan fingerprint density at radius 3 is 2.33 bits per heavy atom. The van der Waals surface area contributed by atoms with Gasteiger partial charge in [-0.2, -0.15) is 8.42 Å². The average molecular weight is 212 g/mol. The molecule has 0 aliphatic carbocycles. The minimum Gasteiger partial charge on any atom is -0.390 e. The molecule has 0 aliphatic rings. The molecule has 0 aliphatic heterocycles. The molecule has 8 heteroatoms. The fourth-order valence-electron chi connectivity index (χ4n) is 0.253. The lowest BCUT2D eigenvalue weighted by Gasteiger charge is -1.75. The van der Waals surface area contributed by atoms with E-state index in [1.165, 1.54) is 11.5 Å². The first kappa shape index (κ1) is 11.4. The quantitative estimate of drug-likeness (QED) is 0.611. The second kappa shape index (κ2) is 5.14. The lowest BCUT2D eigenvalue weighted by Crippen LogP contribution is -1.88. The molecule has 0 saturated carbocycles. The van der Waals surface area contributed by atoms with E-state index in [1.807, 2.05) is 0 Å². The molecule has 1 rings (SSSR count). The number of rotatable bonds is 1. The summed E-state index contributed by atoms with van der Waals surface area (Å²) in [5, 5.41) is 13.6. The summed E-state index contributed by atoms with van der Waals surface area (Å²) < 4.78 is 29.4. The lowest BCUT2D eigenvalue weighted by molar-refractivity contribution is 0.276. The first-order valence-corrected chi connectivity index (χ1v) is 5.41. The van der Waals surface area contributed by atoms with Crippen molar-refractivity contribution in [2.45, 2.75) is 6.61 Å². The van der Waals surface area contributed by atoms with Gasteiger partial charge >= 0.3 is 0 Å². The van der Waals surface area contributed by atoms with Crippen molar-refractivity contribution in [2.75, 3.05) is 6.26 Å². The predicted octanol–water partition coefficient (Wildman–Crippen LogP) is -0.466. The zero-order valence-corrected chi connectivity index (χ0v) is 7.84. The van der Waals surface area contributed by atoms with Gasteiger partial charge in [0.15, 0.2) is 0 Å². The summed E-state index contributed by atoms with van der Waals surface area (Å²) in [7, 11) is -3.67. The molecule has 1 aromatic heterocycles. The van der Waals surface area contributed by atoms with Crippen molar-refractivity contribution in [2.24, 2.45) is 0 Å². The van der Waals surface area contributed by atoms with Gasteiger partial charge in [0, 0.05) is 5.38 Å². The smallest absolute Gasteiger partial charge is 0.261 e. The van der Waals surface area contributed by atoms with Crippen LogP contribution in [0.25, 0.3) is 0 Å². The summed E-state index contributed by atoms with van der Waals surface area (Å²) in [5.41, 5.74) is 0.644. The molecule has 12 heavy (non-hydrogen) atoms. The van der Waals surface area contributed by atoms with Gasteiger partial charge in [0.05, 0.1) is 12.9 Å². The second-order valence-corrected chi connectivity index (χ2v) is 3.86. The maximum Gasteiger partial charge on any atom is 0.261 e. The minimum absolute atomic E-state index is 0.00347. The number of hydrogen-bond acceptors (Lipinski definition) is 6. The highest BCUT2D eigenvalue weighted by Crippen LogP contribution is 1.93. The standard InChI is InChI=1S/C3H4N2OS.CH4O3S/c6-1-3-2-7-5-4-3;1-5(2,3)4/h2,6H,1H2;1H3,(H,2,3,4). The molecule has 0 aromatic carbocycles. The van der Waals surface area contributed by atoms with E-state index < -0.39 is 10.1 Å². The fourth-order valence-corrected chi connectivity index (χ4v) is 0.695. The van der Waals surface area contributed by atoms with Crippen LogP contribution in [0.1, 0.15) is 5.69 Å². The maximum atomic E-state index is 9.19. The predicted molar refractivity (Wildman–Crippen MR) is 43.3 cm³/mol. The molecule has 2 N–H and O–H groups in total. The molecule has 1 aromatic rings. The fraction of sp³-hybridized carbons (Fsp3) is 0.500. The Morgan fingerprint density at radius 2 is 2.17 bits per heavy atom. The summed E-state index contributed by atoms with van der Waals surface area (Å²) in [4.78, 5) is 0. The molecule has 0 unspecified atom stereocenters. The Morgan fingerprint density at radius 1 is 1.67 bits per heavy atom. The average Bonchev–Trinajstić information content (AvgIpc) is 2.33. The summed E-state index contributed by atoms with van der Waals surface area (Å²) in [5.74, 6) is 0. The van der Waals surface area contributed by atoms with Gasteiger partial charge in [-0.3, -0.25) is 4.55 Å². The third-order valence-electron chi connectivity index (χ3n) is 0.567. The van der Waals surface area contributed by atoms with Crippen molar-refractivity contribution in [1.82, 2.24) is 9.59 Å². The highest BCUT2D eigenvalue weighted by Gasteiger charge is 1.87. The van der Waals surface area contributed by atoms with E-state index in [9.17, 15) is 8.42 Å². The van der Waals surface area contributed by atoms with Crippen molar-refractivity contribution < 1.29 is 18.1 Å². The largest absolute Gasteiger partial charge is 0.390 e. The molecular weight excluding hydrogens is 204 g/mol. The van der Waals surface area contributed by atoms with Crippen LogP contribution in [0, 0.1) is 0 Å². The van der Waals surface area contributed by atoms with Crippen LogP contribution in [0.15, 0.2) is 5.38 Å². The Kier molecular flexibility index (Phi) is 4.90. The van der Waals surface area contributed by atoms with Crippen LogP contribution >= 0.6 is 11.5 Å². The van der Waals surface area contributed by atoms with E-state index in [1.54, 1.807) is 5.38 Å². The molecule has 0 saturated heterocycles. The van der Waals surface area contributed by atoms with Gasteiger partial charge in [-0.25, -0.2) is 0 Å². The van der Waals surface area contributed by atoms with Gasteiger partial charge in [0.25, 0.3) is 10.1 Å². The van der Waals surface area contributed by atoms with Crippen molar-refractivity contribution in [3.63, 3.8) is 0 Å². The van der Waals surface area contributed by atoms with Gasteiger partial charge in [0.2, 0.25) is 0 Å². The van der Waals surface area contributed by atoms with Crippen molar-refractivity contribution in [3.8, 4) is 0 Å². The lowest BCUT2D eigenvalue weighted by atomic mass is 10.6. The summed E-state index contributed by atoms with van der Waals surface area (Å²) >= 11 is 1.24. The van der Waals surface area contributed by atoms with E-state index >= 15 is 0 Å². The highest BCUT2D eigenvalue weighted by molar-refractivity contribution is 7.85. The molecule has 0 bridgehead atoms. The molecule has 6 nitrogen and oxygen atoms in total. The van der Waals surface area contributed by atoms with Crippen LogP contribution in [0.5, 0.6) is 0 Å². The SMILES string of the molecule is CS(=O)(=O)O.OCc1csnn1. The molecule has 0 fully saturated rings. The molecule has 0 atom stereocenters. The van der Waals surface area contributed by atoms with Gasteiger partial charge in [-0.15, -0.1) is 5.10 Å². The Hall–Kier alpha value is -0.570. The summed E-state index contributed by atoms with van der Waals surface area (Å²) in [6, 6.07) is 0. The summed E-state index contributed by atoms with van der Waals surface area (Å²) in [6.07, 6.45) is 0.715. The van der Waals surface area contributed by atoms with Gasteiger partial charge < -0.3 is 5.11 Å². The van der Waals surface area contributed by atoms with Crippen LogP contribution in [-0.2, 0) is 16.7 Å². The minimum atomic E-state index is -3.67. The number of aliphatic hydroxyl groups is 1. The van der Waals surface area contributed by atoms with Crippen LogP contribution in [0.3, 0.4) is 0 Å². The van der Waals surface area contributed by atoms with Crippen LogP contribution in [-0.4, -0.2) is 33.9 Å². The summed E-state index contributed by atoms with van der Waals surface area (Å²) in [6.45, 7) is -0.00347. The number of aliphatic hydroxyl groups excluding tert-OH is 1. The normalized spacial score (nSPS) is 10.2. The Bertz CT molecular complexity index is 285. The molecule has 0 radical (unpaired) electrons. The van der Waals surface area contributed by atoms with Gasteiger partial charge in [0.1, 0.15) is 5.69 Å². The molecule has 70 valence electrons. The number of aromatic nitrogens is 2. The Labute approximate surface area is 73.8 Å². The van der Waals surface area contributed by atoms with E-state index in [0.29, 0.717) is 11.9 Å². The maximum absolute atomic E-state index is 9.19. The van der Waals surface area contributed by atoms with E-state index in [2.05, 4.69) is 9.59 Å². The van der Waals surface area contributed by atoms with Crippen LogP contribution < -0.4 is 0 Å². The van der Waals surface area contributed by atoms with Gasteiger partial charge in [-0.05, 0) is 11.5 Å². The van der Waals surface area contributed by atoms with Crippen molar-refractivity contribution in [3.05, 3.63) is 11.1 Å². The molecule has 0 spiro atoms. The van der Waals surface area contributed by atoms with Crippen molar-refractivity contribution >= 4 is 21.7 Å². The first-order chi connectivity index (χ1) is 5.43. The van der Waals surface area contributed by atoms with Crippen LogP contribution in [0.4, 0.5) is 0 Å². The van der Waals surface area contributed by atoms with Crippen LogP contribution in [0.2, 0.25) is 0 Å². The molecule has 1 heterocycles. The number of nitrogens with zero attached hydrogens (tertiary/aromatic N) is 2. The van der Waals surface area contributed by atoms with E-state index in [-0.39, 0.29) is 6.61 Å². The van der Waals surface area contributed by atoms with E-state index in [0.717, 1.165) is 0 Å². The Balaban J connectivity index is 0.000000217. The van der Waals surface area contributed by atoms with E-state index in [4.69, 9.17) is 9.66 Å². The monoisotopic (exact) mass is 212 g/mol. The topological polar surface area (TPSA) is 100 Å². The molecule has 0 amide bonds. The second-order valence-electron chi connectivity index (χ2n) is 1.79. The van der Waals surface area contributed by atoms with Gasteiger partial charge in [-0.1, -0.05) is 4.49 Å². The number of hydrogen-bond donors (Lipinski definition) is 2. The third-order valence-corrected chi connectivity index (χ3v) is 1.12. The molecular formula is C4H8N2O4S2. The third kappa shape index (κ3) is 9.43.